The summed E-state index contributed by atoms with van der Waals surface area (Å²) in [7, 11) is 0. The van der Waals surface area contributed by atoms with E-state index in [-0.39, 0.29) is 17.3 Å². The normalized spacial score (nSPS) is 13.7. The van der Waals surface area contributed by atoms with Crippen molar-refractivity contribution in [3.8, 4) is 17.0 Å². The van der Waals surface area contributed by atoms with Crippen LogP contribution in [-0.2, 0) is 13.0 Å². The number of nitro benzene ring substituents is 1. The SMILES string of the molecule is CCOc1cc(N2CCN(C(=NCc3nc(-c4ccc(F)cc4)cs3)NCCc3ccc(Cl)cc3Cl)CC2)ccc1[N+](=O)[O-]. The van der Waals surface area contributed by atoms with Crippen molar-refractivity contribution in [1.82, 2.24) is 15.2 Å². The molecule has 0 atom stereocenters. The van der Waals surface area contributed by atoms with Gasteiger partial charge in [-0.25, -0.2) is 14.4 Å². The maximum absolute atomic E-state index is 13.4. The van der Waals surface area contributed by atoms with Crippen LogP contribution in [0.15, 0.2) is 71.0 Å². The van der Waals surface area contributed by atoms with Gasteiger partial charge in [0.25, 0.3) is 0 Å². The number of aromatic nitrogens is 1. The molecule has 2 heterocycles. The van der Waals surface area contributed by atoms with Gasteiger partial charge in [-0.2, -0.15) is 0 Å². The summed E-state index contributed by atoms with van der Waals surface area (Å²) in [6.45, 7) is 5.91. The molecule has 0 spiro atoms. The summed E-state index contributed by atoms with van der Waals surface area (Å²) < 4.78 is 18.9. The van der Waals surface area contributed by atoms with Gasteiger partial charge < -0.3 is 19.9 Å². The average Bonchev–Trinajstić information content (AvgIpc) is 3.49. The Morgan fingerprint density at radius 2 is 1.89 bits per heavy atom. The van der Waals surface area contributed by atoms with Crippen molar-refractivity contribution in [2.45, 2.75) is 19.9 Å². The highest BCUT2D eigenvalue weighted by Crippen LogP contribution is 2.32. The van der Waals surface area contributed by atoms with E-state index in [9.17, 15) is 14.5 Å². The van der Waals surface area contributed by atoms with Gasteiger partial charge in [0.05, 0.1) is 23.8 Å². The predicted octanol–water partition coefficient (Wildman–Crippen LogP) is 7.07. The van der Waals surface area contributed by atoms with Gasteiger partial charge in [-0.3, -0.25) is 10.1 Å². The lowest BCUT2D eigenvalue weighted by molar-refractivity contribution is -0.385. The molecule has 3 aromatic carbocycles. The molecule has 0 aliphatic carbocycles. The van der Waals surface area contributed by atoms with Crippen molar-refractivity contribution in [2.24, 2.45) is 4.99 Å². The molecular formula is C31H31Cl2FN6O3S. The van der Waals surface area contributed by atoms with Crippen LogP contribution >= 0.6 is 34.5 Å². The number of nitrogens with one attached hydrogen (secondary N) is 1. The van der Waals surface area contributed by atoms with Crippen LogP contribution in [0.2, 0.25) is 10.0 Å². The minimum absolute atomic E-state index is 0.0431. The molecule has 1 N–H and O–H groups in total. The van der Waals surface area contributed by atoms with Crippen molar-refractivity contribution >= 4 is 51.9 Å². The molecule has 1 aromatic heterocycles. The van der Waals surface area contributed by atoms with E-state index in [1.165, 1.54) is 29.5 Å². The lowest BCUT2D eigenvalue weighted by Crippen LogP contribution is -2.52. The maximum Gasteiger partial charge on any atom is 0.311 e. The molecule has 0 saturated carbocycles. The van der Waals surface area contributed by atoms with Gasteiger partial charge >= 0.3 is 5.69 Å². The summed E-state index contributed by atoms with van der Waals surface area (Å²) in [5, 5.41) is 18.9. The monoisotopic (exact) mass is 656 g/mol. The van der Waals surface area contributed by atoms with Crippen LogP contribution in [0.3, 0.4) is 0 Å². The molecule has 1 fully saturated rings. The minimum Gasteiger partial charge on any atom is -0.487 e. The number of benzene rings is 3. The van der Waals surface area contributed by atoms with E-state index in [0.29, 0.717) is 62.3 Å². The van der Waals surface area contributed by atoms with E-state index in [4.69, 9.17) is 37.9 Å². The highest BCUT2D eigenvalue weighted by atomic mass is 35.5. The van der Waals surface area contributed by atoms with Gasteiger partial charge in [0.1, 0.15) is 10.8 Å². The molecule has 13 heteroatoms. The summed E-state index contributed by atoms with van der Waals surface area (Å²) in [6, 6.07) is 16.8. The highest BCUT2D eigenvalue weighted by molar-refractivity contribution is 7.09. The van der Waals surface area contributed by atoms with E-state index in [2.05, 4.69) is 15.1 Å². The summed E-state index contributed by atoms with van der Waals surface area (Å²) >= 11 is 14.0. The minimum atomic E-state index is -0.427. The molecule has 5 rings (SSSR count). The van der Waals surface area contributed by atoms with Crippen LogP contribution < -0.4 is 15.0 Å². The number of hydrogen-bond acceptors (Lipinski definition) is 7. The summed E-state index contributed by atoms with van der Waals surface area (Å²) in [5.74, 6) is 0.741. The Hall–Kier alpha value is -3.93. The van der Waals surface area contributed by atoms with E-state index in [0.717, 1.165) is 33.5 Å². The van der Waals surface area contributed by atoms with E-state index < -0.39 is 4.92 Å². The molecule has 1 saturated heterocycles. The third-order valence-electron chi connectivity index (χ3n) is 7.13. The Morgan fingerprint density at radius 1 is 1.11 bits per heavy atom. The highest BCUT2D eigenvalue weighted by Gasteiger charge is 2.23. The molecule has 1 aliphatic heterocycles. The molecule has 9 nitrogen and oxygen atoms in total. The Balaban J connectivity index is 1.29. The van der Waals surface area contributed by atoms with Gasteiger partial charge in [-0.05, 0) is 61.4 Å². The van der Waals surface area contributed by atoms with Gasteiger partial charge in [0.2, 0.25) is 0 Å². The first-order chi connectivity index (χ1) is 21.3. The van der Waals surface area contributed by atoms with Crippen molar-refractivity contribution in [3.63, 3.8) is 0 Å². The first-order valence-corrected chi connectivity index (χ1v) is 15.8. The second kappa shape index (κ2) is 14.7. The van der Waals surface area contributed by atoms with Crippen LogP contribution in [0.25, 0.3) is 11.3 Å². The molecule has 0 radical (unpaired) electrons. The summed E-state index contributed by atoms with van der Waals surface area (Å²) in [5.41, 5.74) is 3.46. The molecular weight excluding hydrogens is 626 g/mol. The van der Waals surface area contributed by atoms with Gasteiger partial charge in [-0.15, -0.1) is 11.3 Å². The zero-order chi connectivity index (χ0) is 31.1. The van der Waals surface area contributed by atoms with Crippen LogP contribution in [0.1, 0.15) is 17.5 Å². The lowest BCUT2D eigenvalue weighted by Gasteiger charge is -2.38. The number of hydrogen-bond donors (Lipinski definition) is 1. The number of halogens is 3. The maximum atomic E-state index is 13.4. The molecule has 0 bridgehead atoms. The first-order valence-electron chi connectivity index (χ1n) is 14.1. The number of anilines is 1. The third kappa shape index (κ3) is 7.96. The van der Waals surface area contributed by atoms with E-state index in [1.807, 2.05) is 17.5 Å². The second-order valence-corrected chi connectivity index (χ2v) is 11.8. The fourth-order valence-corrected chi connectivity index (χ4v) is 6.11. The first kappa shape index (κ1) is 31.5. The Bertz CT molecular complexity index is 1630. The largest absolute Gasteiger partial charge is 0.487 e. The van der Waals surface area contributed by atoms with Crippen LogP contribution in [0.4, 0.5) is 15.8 Å². The predicted molar refractivity (Wildman–Crippen MR) is 175 cm³/mol. The standard InChI is InChI=1S/C31H31Cl2FN6O3S/c1-2-43-29-18-25(9-10-28(29)40(41)42)38-13-15-39(16-14-38)31(35-12-11-21-3-6-23(32)17-26(21)33)36-19-30-37-27(20-44-30)22-4-7-24(34)8-5-22/h3-10,17-18,20H,2,11-16,19H2,1H3,(H,35,36). The smallest absolute Gasteiger partial charge is 0.311 e. The molecule has 230 valence electrons. The van der Waals surface area contributed by atoms with Crippen molar-refractivity contribution in [1.29, 1.82) is 0 Å². The van der Waals surface area contributed by atoms with Crippen molar-refractivity contribution in [2.75, 3.05) is 44.2 Å². The summed E-state index contributed by atoms with van der Waals surface area (Å²) in [6.07, 6.45) is 0.684. The Labute approximate surface area is 269 Å². The zero-order valence-electron chi connectivity index (χ0n) is 24.0. The number of guanidine groups is 1. The number of nitrogens with zero attached hydrogens (tertiary/aromatic N) is 5. The number of aliphatic imine (C=N–C) groups is 1. The molecule has 4 aromatic rings. The van der Waals surface area contributed by atoms with Crippen LogP contribution in [-0.4, -0.2) is 60.1 Å². The molecule has 44 heavy (non-hydrogen) atoms. The molecule has 0 amide bonds. The molecule has 1 aliphatic rings. The lowest BCUT2D eigenvalue weighted by atomic mass is 10.1. The van der Waals surface area contributed by atoms with Crippen LogP contribution in [0.5, 0.6) is 5.75 Å². The topological polar surface area (TPSA) is 96.1 Å². The van der Waals surface area contributed by atoms with Gasteiger partial charge in [-0.1, -0.05) is 29.3 Å². The zero-order valence-corrected chi connectivity index (χ0v) is 26.3. The number of nitro groups is 1. The Morgan fingerprint density at radius 3 is 2.59 bits per heavy atom. The third-order valence-corrected chi connectivity index (χ3v) is 8.55. The van der Waals surface area contributed by atoms with Crippen LogP contribution in [0, 0.1) is 15.9 Å². The summed E-state index contributed by atoms with van der Waals surface area (Å²) in [4.78, 5) is 25.0. The second-order valence-electron chi connectivity index (χ2n) is 10.0. The number of piperazine rings is 1. The van der Waals surface area contributed by atoms with Crippen molar-refractivity contribution < 1.29 is 14.1 Å². The van der Waals surface area contributed by atoms with E-state index in [1.54, 1.807) is 37.3 Å². The number of rotatable bonds is 10. The van der Waals surface area contributed by atoms with E-state index >= 15 is 0 Å². The fraction of sp³-hybridized carbons (Fsp3) is 0.290. The number of thiazole rings is 1. The number of ether oxygens (including phenoxy) is 1. The van der Waals surface area contributed by atoms with Gasteiger partial charge in [0.15, 0.2) is 11.7 Å². The Kier molecular flexibility index (Phi) is 10.5. The van der Waals surface area contributed by atoms with Gasteiger partial charge in [0, 0.05) is 71.5 Å². The average molecular weight is 658 g/mol. The molecule has 0 unspecified atom stereocenters. The quantitative estimate of drug-likeness (QED) is 0.0844. The van der Waals surface area contributed by atoms with Crippen molar-refractivity contribution in [3.05, 3.63) is 103 Å². The fourth-order valence-electron chi connectivity index (χ4n) is 4.88.